The second-order valence-corrected chi connectivity index (χ2v) is 7.03. The highest BCUT2D eigenvalue weighted by atomic mass is 16.7. The molecule has 0 aromatic heterocycles. The van der Waals surface area contributed by atoms with Crippen molar-refractivity contribution in [2.75, 3.05) is 11.9 Å². The van der Waals surface area contributed by atoms with Crippen molar-refractivity contribution in [2.24, 2.45) is 0 Å². The van der Waals surface area contributed by atoms with Gasteiger partial charge in [-0.05, 0) is 17.7 Å². The number of anilines is 1. The van der Waals surface area contributed by atoms with Gasteiger partial charge >= 0.3 is 11.9 Å². The molecule has 1 heterocycles. The van der Waals surface area contributed by atoms with Crippen LogP contribution in [0, 0.1) is 0 Å². The van der Waals surface area contributed by atoms with Gasteiger partial charge in [-0.15, -0.1) is 0 Å². The van der Waals surface area contributed by atoms with Crippen LogP contribution in [0.25, 0.3) is 0 Å². The Bertz CT molecular complexity index is 827. The first-order valence-electron chi connectivity index (χ1n) is 9.67. The largest absolute Gasteiger partial charge is 0.479 e. The third kappa shape index (κ3) is 8.22. The predicted octanol–water partition coefficient (Wildman–Crippen LogP) is 0.544. The zero-order chi connectivity index (χ0) is 23.0. The smallest absolute Gasteiger partial charge is 0.333 e. The zero-order valence-corrected chi connectivity index (χ0v) is 17.3. The Balaban J connectivity index is 2.15. The minimum Gasteiger partial charge on any atom is -0.479 e. The predicted molar refractivity (Wildman–Crippen MR) is 106 cm³/mol. The van der Waals surface area contributed by atoms with E-state index in [4.69, 9.17) is 19.3 Å². The number of rotatable bonds is 9. The first-order valence-corrected chi connectivity index (χ1v) is 9.67. The van der Waals surface area contributed by atoms with Crippen LogP contribution in [0.5, 0.6) is 5.75 Å². The van der Waals surface area contributed by atoms with Gasteiger partial charge in [0.2, 0.25) is 18.1 Å². The Morgan fingerprint density at radius 2 is 1.94 bits per heavy atom. The second kappa shape index (κ2) is 11.3. The highest BCUT2D eigenvalue weighted by molar-refractivity contribution is 5.92. The molecule has 1 aliphatic heterocycles. The van der Waals surface area contributed by atoms with Crippen molar-refractivity contribution in [2.45, 2.75) is 58.2 Å². The number of esters is 1. The van der Waals surface area contributed by atoms with Crippen molar-refractivity contribution >= 4 is 29.4 Å². The number of aliphatic carboxylic acids is 1. The summed E-state index contributed by atoms with van der Waals surface area (Å²) >= 11 is 0. The average Bonchev–Trinajstić information content (AvgIpc) is 2.67. The Hall–Kier alpha value is -3.18. The van der Waals surface area contributed by atoms with Crippen LogP contribution in [0.2, 0.25) is 0 Å². The molecule has 3 unspecified atom stereocenters. The van der Waals surface area contributed by atoms with Gasteiger partial charge in [0.25, 0.3) is 0 Å². The van der Waals surface area contributed by atoms with Crippen LogP contribution in [-0.4, -0.2) is 59.0 Å². The lowest BCUT2D eigenvalue weighted by Crippen LogP contribution is -2.42. The van der Waals surface area contributed by atoms with Crippen molar-refractivity contribution < 1.29 is 43.6 Å². The van der Waals surface area contributed by atoms with E-state index in [0.29, 0.717) is 5.56 Å². The van der Waals surface area contributed by atoms with Crippen LogP contribution < -0.4 is 15.4 Å². The molecule has 2 amide bonds. The fourth-order valence-electron chi connectivity index (χ4n) is 2.85. The Labute approximate surface area is 178 Å². The highest BCUT2D eigenvalue weighted by Crippen LogP contribution is 2.30. The van der Waals surface area contributed by atoms with Gasteiger partial charge in [0.1, 0.15) is 12.4 Å². The third-order valence-corrected chi connectivity index (χ3v) is 4.29. The summed E-state index contributed by atoms with van der Waals surface area (Å²) in [5, 5.41) is 24.3. The van der Waals surface area contributed by atoms with E-state index in [1.54, 1.807) is 12.1 Å². The topological polar surface area (TPSA) is 160 Å². The standard InChI is InChI=1S/C20H26N2O9/c1-11(23)21-6-5-18(26)22-15-7-13(10-29-12(2)24)3-4-16(15)30-19-9-14(25)8-17(31-19)20(27)28/h3-4,7,14,17,19,25H,5-6,8-10H2,1-2H3,(H,21,23)(H,22,26)(H,27,28). The molecule has 1 saturated heterocycles. The molecule has 1 aliphatic rings. The molecule has 31 heavy (non-hydrogen) atoms. The SMILES string of the molecule is CC(=O)NCCC(=O)Nc1cc(COC(C)=O)ccc1OC1CC(O)CC(C(=O)O)O1. The van der Waals surface area contributed by atoms with Crippen molar-refractivity contribution in [1.82, 2.24) is 5.32 Å². The van der Waals surface area contributed by atoms with Crippen LogP contribution in [0.15, 0.2) is 18.2 Å². The van der Waals surface area contributed by atoms with Gasteiger partial charge in [-0.1, -0.05) is 6.07 Å². The monoisotopic (exact) mass is 438 g/mol. The summed E-state index contributed by atoms with van der Waals surface area (Å²) < 4.78 is 16.1. The van der Waals surface area contributed by atoms with Crippen LogP contribution in [0.4, 0.5) is 5.69 Å². The first-order chi connectivity index (χ1) is 14.6. The maximum absolute atomic E-state index is 12.3. The van der Waals surface area contributed by atoms with Gasteiger partial charge in [-0.2, -0.15) is 0 Å². The number of benzene rings is 1. The van der Waals surface area contributed by atoms with Gasteiger partial charge in [-0.25, -0.2) is 4.79 Å². The summed E-state index contributed by atoms with van der Waals surface area (Å²) in [6, 6.07) is 4.67. The summed E-state index contributed by atoms with van der Waals surface area (Å²) in [5.41, 5.74) is 0.820. The normalized spacial score (nSPS) is 20.4. The number of ether oxygens (including phenoxy) is 3. The lowest BCUT2D eigenvalue weighted by molar-refractivity contribution is -0.195. The summed E-state index contributed by atoms with van der Waals surface area (Å²) in [4.78, 5) is 45.5. The Morgan fingerprint density at radius 3 is 2.58 bits per heavy atom. The van der Waals surface area contributed by atoms with Crippen molar-refractivity contribution in [1.29, 1.82) is 0 Å². The molecule has 0 radical (unpaired) electrons. The van der Waals surface area contributed by atoms with Crippen LogP contribution in [0.1, 0.15) is 38.7 Å². The average molecular weight is 438 g/mol. The Kier molecular flexibility index (Phi) is 8.76. The Morgan fingerprint density at radius 1 is 1.19 bits per heavy atom. The van der Waals surface area contributed by atoms with E-state index < -0.39 is 36.3 Å². The van der Waals surface area contributed by atoms with Gasteiger partial charge in [-0.3, -0.25) is 14.4 Å². The maximum Gasteiger partial charge on any atom is 0.333 e. The van der Waals surface area contributed by atoms with E-state index in [1.807, 2.05) is 0 Å². The number of carbonyl (C=O) groups excluding carboxylic acids is 3. The van der Waals surface area contributed by atoms with Gasteiger partial charge in [0.05, 0.1) is 11.8 Å². The van der Waals surface area contributed by atoms with Crippen LogP contribution in [-0.2, 0) is 35.3 Å². The van der Waals surface area contributed by atoms with E-state index in [1.165, 1.54) is 19.9 Å². The lowest BCUT2D eigenvalue weighted by Gasteiger charge is -2.31. The highest BCUT2D eigenvalue weighted by Gasteiger charge is 2.34. The number of aliphatic hydroxyl groups excluding tert-OH is 1. The van der Waals surface area contributed by atoms with E-state index >= 15 is 0 Å². The number of carboxylic acids is 1. The molecule has 1 fully saturated rings. The summed E-state index contributed by atoms with van der Waals surface area (Å²) in [6.07, 6.45) is -3.17. The fraction of sp³-hybridized carbons (Fsp3) is 0.500. The molecule has 11 nitrogen and oxygen atoms in total. The molecule has 2 rings (SSSR count). The minimum atomic E-state index is -1.22. The molecule has 1 aromatic carbocycles. The van der Waals surface area contributed by atoms with Crippen LogP contribution >= 0.6 is 0 Å². The van der Waals surface area contributed by atoms with Crippen molar-refractivity contribution in [3.8, 4) is 5.75 Å². The van der Waals surface area contributed by atoms with Crippen molar-refractivity contribution in [3.05, 3.63) is 23.8 Å². The summed E-state index contributed by atoms with van der Waals surface area (Å²) in [6.45, 7) is 2.73. The number of aliphatic hydroxyl groups is 1. The summed E-state index contributed by atoms with van der Waals surface area (Å²) in [5.74, 6) is -2.17. The second-order valence-electron chi connectivity index (χ2n) is 7.03. The van der Waals surface area contributed by atoms with Gasteiger partial charge in [0.15, 0.2) is 6.10 Å². The molecule has 0 saturated carbocycles. The molecular formula is C20H26N2O9. The first kappa shape index (κ1) is 24.1. The van der Waals surface area contributed by atoms with E-state index in [2.05, 4.69) is 10.6 Å². The quantitative estimate of drug-likeness (QED) is 0.403. The van der Waals surface area contributed by atoms with E-state index in [9.17, 15) is 24.3 Å². The molecule has 0 bridgehead atoms. The molecule has 0 spiro atoms. The number of carbonyl (C=O) groups is 4. The number of nitrogens with one attached hydrogen (secondary N) is 2. The molecule has 4 N–H and O–H groups in total. The molecular weight excluding hydrogens is 412 g/mol. The van der Waals surface area contributed by atoms with Gasteiger partial charge < -0.3 is 35.1 Å². The van der Waals surface area contributed by atoms with Gasteiger partial charge in [0, 0.05) is 39.7 Å². The molecule has 170 valence electrons. The maximum atomic E-state index is 12.3. The van der Waals surface area contributed by atoms with Crippen molar-refractivity contribution in [3.63, 3.8) is 0 Å². The molecule has 0 aliphatic carbocycles. The lowest BCUT2D eigenvalue weighted by atomic mass is 10.1. The van der Waals surface area contributed by atoms with Crippen LogP contribution in [0.3, 0.4) is 0 Å². The molecule has 3 atom stereocenters. The number of carboxylic acid groups (broad SMARTS) is 1. The van der Waals surface area contributed by atoms with E-state index in [-0.39, 0.29) is 49.8 Å². The molecule has 11 heteroatoms. The fourth-order valence-corrected chi connectivity index (χ4v) is 2.85. The number of amides is 2. The minimum absolute atomic E-state index is 0.00687. The van der Waals surface area contributed by atoms with E-state index in [0.717, 1.165) is 0 Å². The third-order valence-electron chi connectivity index (χ3n) is 4.29. The summed E-state index contributed by atoms with van der Waals surface area (Å²) in [7, 11) is 0. The number of hydrogen-bond donors (Lipinski definition) is 4. The zero-order valence-electron chi connectivity index (χ0n) is 17.3. The number of hydrogen-bond acceptors (Lipinski definition) is 8. The molecule has 1 aromatic rings.